The molecule has 0 aromatic heterocycles. The van der Waals surface area contributed by atoms with Crippen LogP contribution in [0.1, 0.15) is 25.7 Å². The van der Waals surface area contributed by atoms with Crippen molar-refractivity contribution in [2.75, 3.05) is 12.3 Å². The van der Waals surface area contributed by atoms with Gasteiger partial charge in [0.05, 0.1) is 5.69 Å². The van der Waals surface area contributed by atoms with Crippen LogP contribution in [0.25, 0.3) is 0 Å². The summed E-state index contributed by atoms with van der Waals surface area (Å²) in [6.45, 7) is 3.76. The zero-order valence-corrected chi connectivity index (χ0v) is 12.1. The lowest BCUT2D eigenvalue weighted by atomic mass is 10.2. The van der Waals surface area contributed by atoms with E-state index >= 15 is 0 Å². The third-order valence-electron chi connectivity index (χ3n) is 3.61. The molecule has 0 spiro atoms. The molecular formula is C14H19FN2O2S. The third-order valence-corrected chi connectivity index (χ3v) is 5.62. The van der Waals surface area contributed by atoms with Crippen LogP contribution in [0.2, 0.25) is 0 Å². The van der Waals surface area contributed by atoms with Gasteiger partial charge in [0.15, 0.2) is 0 Å². The van der Waals surface area contributed by atoms with E-state index in [9.17, 15) is 12.8 Å². The van der Waals surface area contributed by atoms with E-state index in [4.69, 9.17) is 5.73 Å². The molecular weight excluding hydrogens is 279 g/mol. The average Bonchev–Trinajstić information content (AvgIpc) is 2.88. The van der Waals surface area contributed by atoms with E-state index < -0.39 is 20.7 Å². The maximum absolute atomic E-state index is 13.9. The summed E-state index contributed by atoms with van der Waals surface area (Å²) < 4.78 is 40.7. The van der Waals surface area contributed by atoms with Gasteiger partial charge in [0.1, 0.15) is 10.7 Å². The zero-order valence-electron chi connectivity index (χ0n) is 11.3. The first-order valence-corrected chi connectivity index (χ1v) is 8.09. The van der Waals surface area contributed by atoms with E-state index in [1.54, 1.807) is 0 Å². The lowest BCUT2D eigenvalue weighted by Gasteiger charge is -2.27. The molecule has 1 saturated carbocycles. The zero-order chi connectivity index (χ0) is 14.8. The van der Waals surface area contributed by atoms with Crippen molar-refractivity contribution in [1.29, 1.82) is 0 Å². The van der Waals surface area contributed by atoms with Gasteiger partial charge in [-0.1, -0.05) is 25.0 Å². The van der Waals surface area contributed by atoms with E-state index in [1.807, 2.05) is 0 Å². The Bertz CT molecular complexity index is 575. The topological polar surface area (TPSA) is 63.4 Å². The van der Waals surface area contributed by atoms with Crippen molar-refractivity contribution in [3.63, 3.8) is 0 Å². The Morgan fingerprint density at radius 2 is 2.05 bits per heavy atom. The Balaban J connectivity index is 2.47. The van der Waals surface area contributed by atoms with Crippen molar-refractivity contribution < 1.29 is 12.8 Å². The fourth-order valence-electron chi connectivity index (χ4n) is 2.68. The number of hydrogen-bond donors (Lipinski definition) is 1. The summed E-state index contributed by atoms with van der Waals surface area (Å²) in [5, 5.41) is 0. The standard InChI is InChI=1S/C14H19FN2O2S/c1-2-10-17(11-6-3-4-7-11)20(18,19)14-12(15)8-5-9-13(14)16/h2,5,8-9,11H,1,3-4,6-7,10,16H2. The molecule has 110 valence electrons. The summed E-state index contributed by atoms with van der Waals surface area (Å²) in [7, 11) is -3.95. The average molecular weight is 298 g/mol. The van der Waals surface area contributed by atoms with Gasteiger partial charge < -0.3 is 5.73 Å². The lowest BCUT2D eigenvalue weighted by Crippen LogP contribution is -2.39. The monoisotopic (exact) mass is 298 g/mol. The van der Waals surface area contributed by atoms with Gasteiger partial charge in [0.2, 0.25) is 10.0 Å². The number of sulfonamides is 1. The highest BCUT2D eigenvalue weighted by atomic mass is 32.2. The van der Waals surface area contributed by atoms with Crippen LogP contribution in [-0.4, -0.2) is 25.3 Å². The number of halogens is 1. The van der Waals surface area contributed by atoms with Gasteiger partial charge in [0, 0.05) is 12.6 Å². The molecule has 0 heterocycles. The van der Waals surface area contributed by atoms with Crippen molar-refractivity contribution in [3.05, 3.63) is 36.7 Å². The molecule has 1 aliphatic rings. The number of benzene rings is 1. The van der Waals surface area contributed by atoms with Gasteiger partial charge in [-0.25, -0.2) is 12.8 Å². The molecule has 0 saturated heterocycles. The Kier molecular flexibility index (Phi) is 4.45. The molecule has 1 aromatic carbocycles. The Morgan fingerprint density at radius 1 is 1.40 bits per heavy atom. The van der Waals surface area contributed by atoms with Crippen LogP contribution in [0.3, 0.4) is 0 Å². The number of anilines is 1. The second-order valence-corrected chi connectivity index (χ2v) is 6.79. The van der Waals surface area contributed by atoms with Gasteiger partial charge in [-0.15, -0.1) is 6.58 Å². The van der Waals surface area contributed by atoms with Crippen LogP contribution < -0.4 is 5.73 Å². The van der Waals surface area contributed by atoms with E-state index in [-0.39, 0.29) is 18.3 Å². The Hall–Kier alpha value is -1.40. The highest BCUT2D eigenvalue weighted by Crippen LogP contribution is 2.31. The summed E-state index contributed by atoms with van der Waals surface area (Å²) in [6, 6.07) is 3.81. The molecule has 0 radical (unpaired) electrons. The first-order valence-electron chi connectivity index (χ1n) is 6.65. The maximum Gasteiger partial charge on any atom is 0.248 e. The second kappa shape index (κ2) is 5.93. The summed E-state index contributed by atoms with van der Waals surface area (Å²) >= 11 is 0. The fourth-order valence-corrected chi connectivity index (χ4v) is 4.50. The summed E-state index contributed by atoms with van der Waals surface area (Å²) in [5.74, 6) is -0.808. The minimum absolute atomic E-state index is 0.0583. The van der Waals surface area contributed by atoms with Crippen molar-refractivity contribution >= 4 is 15.7 Å². The van der Waals surface area contributed by atoms with Crippen molar-refractivity contribution in [3.8, 4) is 0 Å². The second-order valence-electron chi connectivity index (χ2n) is 4.96. The highest BCUT2D eigenvalue weighted by molar-refractivity contribution is 7.89. The molecule has 6 heteroatoms. The quantitative estimate of drug-likeness (QED) is 0.671. The molecule has 1 aliphatic carbocycles. The van der Waals surface area contributed by atoms with E-state index in [0.29, 0.717) is 0 Å². The predicted octanol–water partition coefficient (Wildman–Crippen LogP) is 2.53. The number of rotatable bonds is 5. The molecule has 20 heavy (non-hydrogen) atoms. The summed E-state index contributed by atoms with van der Waals surface area (Å²) in [5.41, 5.74) is 5.61. The fraction of sp³-hybridized carbons (Fsp3) is 0.429. The first kappa shape index (κ1) is 15.0. The molecule has 0 aliphatic heterocycles. The highest BCUT2D eigenvalue weighted by Gasteiger charge is 2.35. The third kappa shape index (κ3) is 2.71. The minimum Gasteiger partial charge on any atom is -0.398 e. The molecule has 4 nitrogen and oxygen atoms in total. The molecule has 0 bridgehead atoms. The van der Waals surface area contributed by atoms with Crippen LogP contribution >= 0.6 is 0 Å². The Labute approximate surface area is 119 Å². The van der Waals surface area contributed by atoms with Gasteiger partial charge in [-0.2, -0.15) is 4.31 Å². The minimum atomic E-state index is -3.95. The van der Waals surface area contributed by atoms with Crippen LogP contribution in [-0.2, 0) is 10.0 Å². The van der Waals surface area contributed by atoms with E-state index in [2.05, 4.69) is 6.58 Å². The summed E-state index contributed by atoms with van der Waals surface area (Å²) in [4.78, 5) is -0.422. The number of nitrogens with zero attached hydrogens (tertiary/aromatic N) is 1. The molecule has 0 amide bonds. The first-order chi connectivity index (χ1) is 9.48. The molecule has 2 rings (SSSR count). The van der Waals surface area contributed by atoms with Crippen molar-refractivity contribution in [2.24, 2.45) is 0 Å². The number of nitrogens with two attached hydrogens (primary N) is 1. The lowest BCUT2D eigenvalue weighted by molar-refractivity contribution is 0.346. The van der Waals surface area contributed by atoms with Crippen molar-refractivity contribution in [2.45, 2.75) is 36.6 Å². The molecule has 2 N–H and O–H groups in total. The van der Waals surface area contributed by atoms with Crippen LogP contribution in [0.15, 0.2) is 35.7 Å². The molecule has 0 unspecified atom stereocenters. The van der Waals surface area contributed by atoms with E-state index in [0.717, 1.165) is 31.7 Å². The number of nitrogen functional groups attached to an aromatic ring is 1. The predicted molar refractivity (Wildman–Crippen MR) is 77.2 cm³/mol. The number of hydrogen-bond acceptors (Lipinski definition) is 3. The van der Waals surface area contributed by atoms with Crippen LogP contribution in [0.4, 0.5) is 10.1 Å². The van der Waals surface area contributed by atoms with Gasteiger partial charge >= 0.3 is 0 Å². The van der Waals surface area contributed by atoms with Crippen LogP contribution in [0.5, 0.6) is 0 Å². The molecule has 0 atom stereocenters. The van der Waals surface area contributed by atoms with Crippen LogP contribution in [0, 0.1) is 5.82 Å². The van der Waals surface area contributed by atoms with Crippen molar-refractivity contribution in [1.82, 2.24) is 4.31 Å². The normalized spacial score (nSPS) is 16.7. The van der Waals surface area contributed by atoms with E-state index in [1.165, 1.54) is 22.5 Å². The largest absolute Gasteiger partial charge is 0.398 e. The Morgan fingerprint density at radius 3 is 2.60 bits per heavy atom. The van der Waals surface area contributed by atoms with Gasteiger partial charge in [-0.3, -0.25) is 0 Å². The maximum atomic E-state index is 13.9. The van der Waals surface area contributed by atoms with Gasteiger partial charge in [-0.05, 0) is 25.0 Å². The van der Waals surface area contributed by atoms with Gasteiger partial charge in [0.25, 0.3) is 0 Å². The molecule has 1 aromatic rings. The smallest absolute Gasteiger partial charge is 0.248 e. The SMILES string of the molecule is C=CCN(C1CCCC1)S(=O)(=O)c1c(N)cccc1F. The summed E-state index contributed by atoms with van der Waals surface area (Å²) in [6.07, 6.45) is 5.08. The molecule has 1 fully saturated rings.